The second-order valence-corrected chi connectivity index (χ2v) is 6.62. The van der Waals surface area contributed by atoms with Crippen molar-refractivity contribution in [1.29, 1.82) is 0 Å². The zero-order valence-electron chi connectivity index (χ0n) is 13.8. The summed E-state index contributed by atoms with van der Waals surface area (Å²) in [6.07, 6.45) is 0.204. The second-order valence-electron chi connectivity index (χ2n) is 5.81. The van der Waals surface area contributed by atoms with Crippen LogP contribution in [0.1, 0.15) is 23.4 Å². The van der Waals surface area contributed by atoms with Crippen LogP contribution in [0.4, 0.5) is 5.69 Å². The van der Waals surface area contributed by atoms with E-state index in [0.717, 1.165) is 28.2 Å². The van der Waals surface area contributed by atoms with E-state index in [1.807, 2.05) is 32.0 Å². The zero-order chi connectivity index (χ0) is 18.0. The molecule has 1 aromatic heterocycles. The highest BCUT2D eigenvalue weighted by Gasteiger charge is 2.20. The van der Waals surface area contributed by atoms with Crippen molar-refractivity contribution >= 4 is 40.5 Å². The fourth-order valence-electron chi connectivity index (χ4n) is 2.60. The van der Waals surface area contributed by atoms with Gasteiger partial charge in [0.05, 0.1) is 40.2 Å². The molecule has 0 unspecified atom stereocenters. The summed E-state index contributed by atoms with van der Waals surface area (Å²) in [7, 11) is 0. The molecule has 0 atom stereocenters. The van der Waals surface area contributed by atoms with Gasteiger partial charge in [0, 0.05) is 11.3 Å². The van der Waals surface area contributed by atoms with Crippen LogP contribution in [0.25, 0.3) is 5.70 Å². The van der Waals surface area contributed by atoms with Crippen LogP contribution in [0.3, 0.4) is 0 Å². The van der Waals surface area contributed by atoms with Gasteiger partial charge in [0.2, 0.25) is 5.91 Å². The molecule has 0 bridgehead atoms. The number of amides is 1. The van der Waals surface area contributed by atoms with Crippen molar-refractivity contribution in [3.8, 4) is 0 Å². The molecule has 0 aliphatic carbocycles. The molecule has 1 aliphatic rings. The molecule has 130 valence electrons. The van der Waals surface area contributed by atoms with Crippen molar-refractivity contribution in [3.63, 3.8) is 0 Å². The maximum absolute atomic E-state index is 12.4. The molecule has 1 aliphatic heterocycles. The summed E-state index contributed by atoms with van der Waals surface area (Å²) < 4.78 is 0. The Hall–Kier alpha value is -2.08. The van der Waals surface area contributed by atoms with Gasteiger partial charge in [0.1, 0.15) is 0 Å². The Morgan fingerprint density at radius 2 is 2.04 bits per heavy atom. The second kappa shape index (κ2) is 7.44. The van der Waals surface area contributed by atoms with Crippen molar-refractivity contribution in [1.82, 2.24) is 10.5 Å². The van der Waals surface area contributed by atoms with Crippen LogP contribution in [0.5, 0.6) is 0 Å². The number of aromatic nitrogens is 1. The molecule has 7 heteroatoms. The number of nitrogens with zero attached hydrogens (tertiary/aromatic N) is 1. The van der Waals surface area contributed by atoms with E-state index < -0.39 is 0 Å². The highest BCUT2D eigenvalue weighted by atomic mass is 35.5. The van der Waals surface area contributed by atoms with Crippen LogP contribution < -0.4 is 10.8 Å². The highest BCUT2D eigenvalue weighted by Crippen LogP contribution is 2.29. The molecular formula is C18H17Cl2N3O2. The predicted octanol–water partition coefficient (Wildman–Crippen LogP) is 4.28. The molecule has 0 radical (unpaired) electrons. The Kier molecular flexibility index (Phi) is 5.27. The molecule has 0 fully saturated rings. The molecule has 3 rings (SSSR count). The average molecular weight is 378 g/mol. The van der Waals surface area contributed by atoms with E-state index in [1.165, 1.54) is 0 Å². The maximum Gasteiger partial charge on any atom is 0.228 e. The van der Waals surface area contributed by atoms with Crippen molar-refractivity contribution in [3.05, 3.63) is 62.9 Å². The average Bonchev–Trinajstić information content (AvgIpc) is 3.01. The van der Waals surface area contributed by atoms with E-state index in [2.05, 4.69) is 15.8 Å². The minimum atomic E-state index is -0.131. The smallest absolute Gasteiger partial charge is 0.228 e. The zero-order valence-corrected chi connectivity index (χ0v) is 15.3. The van der Waals surface area contributed by atoms with E-state index in [1.54, 1.807) is 12.1 Å². The van der Waals surface area contributed by atoms with Crippen LogP contribution >= 0.6 is 23.2 Å². The lowest BCUT2D eigenvalue weighted by molar-refractivity contribution is -0.115. The molecule has 0 saturated carbocycles. The van der Waals surface area contributed by atoms with E-state index in [-0.39, 0.29) is 12.3 Å². The van der Waals surface area contributed by atoms with Crippen molar-refractivity contribution in [2.45, 2.75) is 20.3 Å². The van der Waals surface area contributed by atoms with Gasteiger partial charge in [-0.05, 0) is 43.7 Å². The Morgan fingerprint density at radius 3 is 2.76 bits per heavy atom. The summed E-state index contributed by atoms with van der Waals surface area (Å²) in [6.45, 7) is 4.10. The molecule has 2 N–H and O–H groups in total. The van der Waals surface area contributed by atoms with Gasteiger partial charge in [-0.15, -0.1) is 0 Å². The van der Waals surface area contributed by atoms with Crippen molar-refractivity contribution in [2.75, 3.05) is 11.9 Å². The predicted molar refractivity (Wildman–Crippen MR) is 99.4 cm³/mol. The van der Waals surface area contributed by atoms with Crippen LogP contribution in [0, 0.1) is 13.8 Å². The van der Waals surface area contributed by atoms with E-state index in [9.17, 15) is 4.79 Å². The van der Waals surface area contributed by atoms with Gasteiger partial charge in [-0.25, -0.2) is 0 Å². The van der Waals surface area contributed by atoms with Gasteiger partial charge in [-0.3, -0.25) is 20.1 Å². The van der Waals surface area contributed by atoms with Crippen LogP contribution in [0.2, 0.25) is 10.0 Å². The summed E-state index contributed by atoms with van der Waals surface area (Å²) in [5.41, 5.74) is 7.65. The van der Waals surface area contributed by atoms with Crippen molar-refractivity contribution in [2.24, 2.45) is 0 Å². The standard InChI is InChI=1S/C18H17Cl2N3O2/c1-10-3-6-16(11(2)21-10)22-17(24)8-13-9-25-23-18(13)12-4-5-14(19)15(20)7-12/h3-7,23H,8-9H2,1-2H3,(H,22,24). The number of hydrogen-bond donors (Lipinski definition) is 2. The van der Waals surface area contributed by atoms with Gasteiger partial charge in [0.25, 0.3) is 0 Å². The molecule has 25 heavy (non-hydrogen) atoms. The largest absolute Gasteiger partial charge is 0.324 e. The van der Waals surface area contributed by atoms with Crippen LogP contribution in [0.15, 0.2) is 35.9 Å². The molecule has 2 aromatic rings. The molecule has 1 aromatic carbocycles. The number of carbonyl (C=O) groups excluding carboxylic acids is 1. The maximum atomic E-state index is 12.4. The summed E-state index contributed by atoms with van der Waals surface area (Å²) in [4.78, 5) is 22.0. The number of hydrogen-bond acceptors (Lipinski definition) is 4. The summed E-state index contributed by atoms with van der Waals surface area (Å²) in [6, 6.07) is 9.01. The Morgan fingerprint density at radius 1 is 1.24 bits per heavy atom. The van der Waals surface area contributed by atoms with Gasteiger partial charge in [-0.1, -0.05) is 29.3 Å². The third-order valence-electron chi connectivity index (χ3n) is 3.86. The Labute approximate surface area is 156 Å². The van der Waals surface area contributed by atoms with Crippen molar-refractivity contribution < 1.29 is 9.63 Å². The summed E-state index contributed by atoms with van der Waals surface area (Å²) >= 11 is 12.0. The number of pyridine rings is 1. The lowest BCUT2D eigenvalue weighted by Gasteiger charge is -2.10. The molecule has 0 spiro atoms. The fraction of sp³-hybridized carbons (Fsp3) is 0.222. The highest BCUT2D eigenvalue weighted by molar-refractivity contribution is 6.42. The number of rotatable bonds is 4. The lowest BCUT2D eigenvalue weighted by atomic mass is 10.0. The normalized spacial score (nSPS) is 13.8. The fourth-order valence-corrected chi connectivity index (χ4v) is 2.90. The number of carbonyl (C=O) groups is 1. The third-order valence-corrected chi connectivity index (χ3v) is 4.59. The van der Waals surface area contributed by atoms with Gasteiger partial charge < -0.3 is 5.32 Å². The number of anilines is 1. The molecule has 5 nitrogen and oxygen atoms in total. The van der Waals surface area contributed by atoms with E-state index in [0.29, 0.717) is 22.3 Å². The van der Waals surface area contributed by atoms with Crippen LogP contribution in [-0.4, -0.2) is 17.5 Å². The molecule has 1 amide bonds. The number of aryl methyl sites for hydroxylation is 2. The number of benzene rings is 1. The molecule has 0 saturated heterocycles. The lowest BCUT2D eigenvalue weighted by Crippen LogP contribution is -2.14. The van der Waals surface area contributed by atoms with Gasteiger partial charge in [-0.2, -0.15) is 0 Å². The first-order valence-corrected chi connectivity index (χ1v) is 8.49. The summed E-state index contributed by atoms with van der Waals surface area (Å²) in [5, 5.41) is 3.82. The first-order valence-electron chi connectivity index (χ1n) is 7.73. The monoisotopic (exact) mass is 377 g/mol. The number of hydroxylamine groups is 1. The Bertz CT molecular complexity index is 865. The Balaban J connectivity index is 1.77. The number of halogens is 2. The molecular weight excluding hydrogens is 361 g/mol. The van der Waals surface area contributed by atoms with Gasteiger partial charge in [0.15, 0.2) is 0 Å². The third kappa shape index (κ3) is 4.12. The van der Waals surface area contributed by atoms with E-state index >= 15 is 0 Å². The minimum Gasteiger partial charge on any atom is -0.324 e. The van der Waals surface area contributed by atoms with Crippen LogP contribution in [-0.2, 0) is 9.63 Å². The first-order chi connectivity index (χ1) is 11.9. The summed E-state index contributed by atoms with van der Waals surface area (Å²) in [5.74, 6) is -0.131. The van der Waals surface area contributed by atoms with E-state index in [4.69, 9.17) is 28.0 Å². The minimum absolute atomic E-state index is 0.131. The quantitative estimate of drug-likeness (QED) is 0.834. The SMILES string of the molecule is Cc1ccc(NC(=O)CC2=C(c3ccc(Cl)c(Cl)c3)NOC2)c(C)n1. The van der Waals surface area contributed by atoms with Gasteiger partial charge >= 0.3 is 0 Å². The first kappa shape index (κ1) is 17.7. The topological polar surface area (TPSA) is 63.2 Å². The number of nitrogens with one attached hydrogen (secondary N) is 2. The molecule has 2 heterocycles.